The number of halogens is 2. The third kappa shape index (κ3) is 4.26. The summed E-state index contributed by atoms with van der Waals surface area (Å²) in [7, 11) is -2.92. The first-order valence-electron chi connectivity index (χ1n) is 9.55. The second kappa shape index (κ2) is 7.94. The summed E-state index contributed by atoms with van der Waals surface area (Å²) in [6.07, 6.45) is 0.161. The number of rotatable bonds is 5. The van der Waals surface area contributed by atoms with E-state index in [9.17, 15) is 21.8 Å². The Morgan fingerprint density at radius 3 is 2.58 bits per heavy atom. The highest BCUT2D eigenvalue weighted by Gasteiger charge is 2.30. The normalized spacial score (nSPS) is 15.5. The molecule has 0 fully saturated rings. The minimum absolute atomic E-state index is 0.0463. The van der Waals surface area contributed by atoms with E-state index in [4.69, 9.17) is 9.47 Å². The summed E-state index contributed by atoms with van der Waals surface area (Å²) in [6.45, 7) is 1.82. The molecule has 5 nitrogen and oxygen atoms in total. The fourth-order valence-corrected chi connectivity index (χ4v) is 4.62. The second-order valence-corrected chi connectivity index (χ2v) is 8.91. The number of hydrogen-bond acceptors (Lipinski definition) is 4. The molecule has 0 aromatic heterocycles. The van der Waals surface area contributed by atoms with Crippen LogP contribution in [0.2, 0.25) is 0 Å². The van der Waals surface area contributed by atoms with E-state index in [1.165, 1.54) is 13.2 Å². The Morgan fingerprint density at radius 1 is 1.10 bits per heavy atom. The molecule has 0 aliphatic carbocycles. The maximum atomic E-state index is 14.5. The Morgan fingerprint density at radius 2 is 1.87 bits per heavy atom. The average molecular weight is 446 g/mol. The highest BCUT2D eigenvalue weighted by Crippen LogP contribution is 2.43. The highest BCUT2D eigenvalue weighted by atomic mass is 32.2. The van der Waals surface area contributed by atoms with Gasteiger partial charge in [-0.2, -0.15) is 8.42 Å². The molecule has 1 atom stereocenters. The topological polar surface area (TPSA) is 72.8 Å². The van der Waals surface area contributed by atoms with Crippen molar-refractivity contribution in [2.75, 3.05) is 7.11 Å². The maximum absolute atomic E-state index is 14.5. The van der Waals surface area contributed by atoms with Crippen LogP contribution in [0.3, 0.4) is 0 Å². The van der Waals surface area contributed by atoms with Crippen LogP contribution in [0.5, 0.6) is 11.5 Å². The van der Waals surface area contributed by atoms with Gasteiger partial charge < -0.3 is 9.47 Å². The zero-order chi connectivity index (χ0) is 22.3. The molecule has 3 aromatic carbocycles. The van der Waals surface area contributed by atoms with Gasteiger partial charge in [0.1, 0.15) is 29.2 Å². The maximum Gasteiger partial charge on any atom is 0.294 e. The van der Waals surface area contributed by atoms with Crippen LogP contribution >= 0.6 is 0 Å². The molecule has 3 aromatic rings. The molecule has 1 aliphatic heterocycles. The van der Waals surface area contributed by atoms with Crippen molar-refractivity contribution < 1.29 is 31.2 Å². The third-order valence-corrected chi connectivity index (χ3v) is 6.22. The van der Waals surface area contributed by atoms with E-state index in [1.54, 1.807) is 24.3 Å². The van der Waals surface area contributed by atoms with E-state index in [0.717, 1.165) is 29.3 Å². The lowest BCUT2D eigenvalue weighted by Crippen LogP contribution is -2.18. The molecule has 1 aliphatic rings. The quantitative estimate of drug-likeness (QED) is 0.573. The Bertz CT molecular complexity index is 1270. The van der Waals surface area contributed by atoms with Crippen LogP contribution in [0, 0.1) is 18.6 Å². The van der Waals surface area contributed by atoms with Gasteiger partial charge in [0.05, 0.1) is 12.0 Å². The zero-order valence-electron chi connectivity index (χ0n) is 16.9. The average Bonchev–Trinajstić information content (AvgIpc) is 3.10. The Labute approximate surface area is 179 Å². The van der Waals surface area contributed by atoms with Gasteiger partial charge in [-0.3, -0.25) is 4.55 Å². The number of aryl methyl sites for hydroxylation is 1. The molecule has 0 bridgehead atoms. The van der Waals surface area contributed by atoms with E-state index in [1.807, 2.05) is 6.92 Å². The first kappa shape index (κ1) is 21.3. The van der Waals surface area contributed by atoms with Crippen LogP contribution in [0.4, 0.5) is 8.78 Å². The predicted octanol–water partition coefficient (Wildman–Crippen LogP) is 4.74. The summed E-state index contributed by atoms with van der Waals surface area (Å²) < 4.78 is 72.8. The van der Waals surface area contributed by atoms with Crippen LogP contribution in [0.1, 0.15) is 16.7 Å². The van der Waals surface area contributed by atoms with Gasteiger partial charge in [0.25, 0.3) is 10.1 Å². The van der Waals surface area contributed by atoms with Crippen molar-refractivity contribution in [3.63, 3.8) is 0 Å². The van der Waals surface area contributed by atoms with Gasteiger partial charge >= 0.3 is 0 Å². The number of fused-ring (bicyclic) bond motifs is 1. The summed E-state index contributed by atoms with van der Waals surface area (Å²) in [5.41, 5.74) is 2.40. The second-order valence-electron chi connectivity index (χ2n) is 7.52. The highest BCUT2D eigenvalue weighted by molar-refractivity contribution is 7.85. The van der Waals surface area contributed by atoms with Crippen LogP contribution < -0.4 is 9.47 Å². The summed E-state index contributed by atoms with van der Waals surface area (Å²) in [5, 5.41) is 0. The van der Waals surface area contributed by atoms with Crippen molar-refractivity contribution >= 4 is 10.1 Å². The van der Waals surface area contributed by atoms with E-state index < -0.39 is 27.9 Å². The largest absolute Gasteiger partial charge is 0.497 e. The van der Waals surface area contributed by atoms with E-state index in [-0.39, 0.29) is 16.9 Å². The first-order valence-corrected chi connectivity index (χ1v) is 11.0. The first-order chi connectivity index (χ1) is 14.7. The predicted molar refractivity (Wildman–Crippen MR) is 111 cm³/mol. The molecule has 0 radical (unpaired) electrons. The molecule has 0 saturated heterocycles. The van der Waals surface area contributed by atoms with Gasteiger partial charge in [0, 0.05) is 29.5 Å². The van der Waals surface area contributed by atoms with E-state index in [0.29, 0.717) is 29.0 Å². The Kier molecular flexibility index (Phi) is 5.45. The lowest BCUT2D eigenvalue weighted by molar-refractivity contribution is 0.233. The molecule has 4 rings (SSSR count). The number of ether oxygens (including phenoxy) is 2. The molecular weight excluding hydrogens is 426 g/mol. The zero-order valence-corrected chi connectivity index (χ0v) is 17.7. The van der Waals surface area contributed by atoms with Gasteiger partial charge in [0.2, 0.25) is 0 Å². The lowest BCUT2D eigenvalue weighted by Gasteiger charge is -2.15. The number of methoxy groups -OCH3 is 1. The molecular formula is C23H20F2O5S. The van der Waals surface area contributed by atoms with Crippen molar-refractivity contribution in [3.05, 3.63) is 76.9 Å². The van der Waals surface area contributed by atoms with Crippen molar-refractivity contribution in [1.82, 2.24) is 0 Å². The minimum atomic E-state index is -4.40. The Balaban J connectivity index is 1.74. The van der Waals surface area contributed by atoms with Crippen molar-refractivity contribution in [2.24, 2.45) is 0 Å². The van der Waals surface area contributed by atoms with Crippen LogP contribution in [0.15, 0.2) is 53.4 Å². The minimum Gasteiger partial charge on any atom is -0.497 e. The Hall–Kier alpha value is -2.97. The van der Waals surface area contributed by atoms with Crippen molar-refractivity contribution in [1.29, 1.82) is 0 Å². The van der Waals surface area contributed by atoms with Gasteiger partial charge in [-0.25, -0.2) is 8.78 Å². The third-order valence-electron chi connectivity index (χ3n) is 5.27. The van der Waals surface area contributed by atoms with E-state index in [2.05, 4.69) is 0 Å². The van der Waals surface area contributed by atoms with Crippen molar-refractivity contribution in [2.45, 2.75) is 30.8 Å². The van der Waals surface area contributed by atoms with Gasteiger partial charge in [-0.1, -0.05) is 17.7 Å². The summed E-state index contributed by atoms with van der Waals surface area (Å²) in [6, 6.07) is 11.2. The van der Waals surface area contributed by atoms with E-state index >= 15 is 0 Å². The SMILES string of the molecule is COc1cc2c(c(-c3cc(F)ccc3F)c1)OC(Cc1cc(C)ccc1S(=O)(=O)O)C2. The summed E-state index contributed by atoms with van der Waals surface area (Å²) >= 11 is 0. The van der Waals surface area contributed by atoms with Crippen LogP contribution in [-0.4, -0.2) is 26.2 Å². The smallest absolute Gasteiger partial charge is 0.294 e. The molecule has 1 N–H and O–H groups in total. The van der Waals surface area contributed by atoms with Gasteiger partial charge in [0.15, 0.2) is 0 Å². The molecule has 0 saturated carbocycles. The molecule has 8 heteroatoms. The summed E-state index contributed by atoms with van der Waals surface area (Å²) in [5.74, 6) is -0.316. The van der Waals surface area contributed by atoms with Gasteiger partial charge in [-0.15, -0.1) is 0 Å². The van der Waals surface area contributed by atoms with Crippen molar-refractivity contribution in [3.8, 4) is 22.6 Å². The fraction of sp³-hybridized carbons (Fsp3) is 0.217. The number of benzene rings is 3. The number of hydrogen-bond donors (Lipinski definition) is 1. The summed E-state index contributed by atoms with van der Waals surface area (Å²) in [4.78, 5) is -0.174. The standard InChI is InChI=1S/C23H20F2O5S/c1-13-3-6-22(31(26,27)28)14(7-13)8-18-10-15-9-17(29-2)12-20(23(15)30-18)19-11-16(24)4-5-21(19)25/h3-7,9,11-12,18H,8,10H2,1-2H3,(H,26,27,28). The molecule has 31 heavy (non-hydrogen) atoms. The van der Waals surface area contributed by atoms with Crippen LogP contribution in [0.25, 0.3) is 11.1 Å². The molecule has 162 valence electrons. The monoisotopic (exact) mass is 446 g/mol. The molecule has 0 spiro atoms. The molecule has 1 unspecified atom stereocenters. The van der Waals surface area contributed by atoms with Crippen LogP contribution in [-0.2, 0) is 23.0 Å². The fourth-order valence-electron chi connectivity index (χ4n) is 3.90. The lowest BCUT2D eigenvalue weighted by atomic mass is 9.98. The molecule has 1 heterocycles. The molecule has 0 amide bonds. The van der Waals surface area contributed by atoms with Gasteiger partial charge in [-0.05, 0) is 48.9 Å².